The molecule has 0 aromatic carbocycles. The Labute approximate surface area is 105 Å². The van der Waals surface area contributed by atoms with Crippen molar-refractivity contribution in [1.82, 2.24) is 4.98 Å². The number of halogens is 3. The van der Waals surface area contributed by atoms with Gasteiger partial charge in [0, 0.05) is 12.4 Å². The van der Waals surface area contributed by atoms with Crippen LogP contribution in [0.5, 0.6) is 5.75 Å². The van der Waals surface area contributed by atoms with Crippen LogP contribution in [0.1, 0.15) is 15.9 Å². The number of rotatable bonds is 4. The molecule has 1 aromatic heterocycles. The van der Waals surface area contributed by atoms with E-state index in [4.69, 9.17) is 5.73 Å². The molecule has 0 bridgehead atoms. The van der Waals surface area contributed by atoms with E-state index >= 15 is 0 Å². The molecule has 104 valence electrons. The topological polar surface area (TPSA) is 91.5 Å². The summed E-state index contributed by atoms with van der Waals surface area (Å²) in [7, 11) is 0.987. The summed E-state index contributed by atoms with van der Waals surface area (Å²) in [6.07, 6.45) is -3.48. The zero-order valence-corrected chi connectivity index (χ0v) is 9.65. The predicted molar refractivity (Wildman–Crippen MR) is 55.3 cm³/mol. The first-order chi connectivity index (χ1) is 8.77. The van der Waals surface area contributed by atoms with Gasteiger partial charge in [-0.15, -0.1) is 0 Å². The van der Waals surface area contributed by atoms with E-state index in [1.807, 2.05) is 0 Å². The predicted octanol–water partition coefficient (Wildman–Crippen LogP) is 0.751. The van der Waals surface area contributed by atoms with E-state index in [0.29, 0.717) is 6.20 Å². The summed E-state index contributed by atoms with van der Waals surface area (Å²) in [5.41, 5.74) is 2.94. The number of hydrogen-bond donors (Lipinski definition) is 1. The third kappa shape index (κ3) is 3.57. The first-order valence-corrected chi connectivity index (χ1v) is 4.82. The molecule has 1 amide bonds. The lowest BCUT2D eigenvalue weighted by Gasteiger charge is -2.15. The first-order valence-electron chi connectivity index (χ1n) is 4.82. The van der Waals surface area contributed by atoms with Gasteiger partial charge in [0.1, 0.15) is 16.9 Å². The van der Waals surface area contributed by atoms with Gasteiger partial charge in [-0.25, -0.2) is 4.79 Å². The smallest absolute Gasteiger partial charge is 0.421 e. The molecule has 9 heteroatoms. The van der Waals surface area contributed by atoms with Crippen LogP contribution in [0.25, 0.3) is 0 Å². The number of carbonyl (C=O) groups excluding carboxylic acids is 2. The van der Waals surface area contributed by atoms with Gasteiger partial charge in [-0.05, 0) is 0 Å². The maximum atomic E-state index is 12.7. The molecule has 0 saturated heterocycles. The number of nitrogens with two attached hydrogens (primary N) is 1. The Morgan fingerprint density at radius 3 is 2.47 bits per heavy atom. The molecule has 0 aliphatic rings. The number of ether oxygens (including phenoxy) is 2. The summed E-state index contributed by atoms with van der Waals surface area (Å²) in [5, 5.41) is 0. The fourth-order valence-electron chi connectivity index (χ4n) is 1.20. The maximum absolute atomic E-state index is 12.7. The highest BCUT2D eigenvalue weighted by Crippen LogP contribution is 2.37. The number of nitrogens with zero attached hydrogens (tertiary/aromatic N) is 1. The van der Waals surface area contributed by atoms with E-state index in [-0.39, 0.29) is 0 Å². The van der Waals surface area contributed by atoms with Crippen molar-refractivity contribution in [3.05, 3.63) is 23.5 Å². The zero-order valence-electron chi connectivity index (χ0n) is 9.65. The summed E-state index contributed by atoms with van der Waals surface area (Å²) in [6.45, 7) is -0.808. The van der Waals surface area contributed by atoms with Crippen LogP contribution in [0.2, 0.25) is 0 Å². The molecule has 0 radical (unpaired) electrons. The van der Waals surface area contributed by atoms with Crippen LogP contribution >= 0.6 is 0 Å². The zero-order chi connectivity index (χ0) is 14.6. The van der Waals surface area contributed by atoms with Crippen LogP contribution in [-0.2, 0) is 15.7 Å². The Balaban J connectivity index is 3.32. The van der Waals surface area contributed by atoms with Crippen molar-refractivity contribution in [3.8, 4) is 5.75 Å². The first kappa shape index (κ1) is 14.7. The van der Waals surface area contributed by atoms with E-state index in [0.717, 1.165) is 13.3 Å². The monoisotopic (exact) mass is 278 g/mol. The average molecular weight is 278 g/mol. The number of primary amides is 1. The van der Waals surface area contributed by atoms with Crippen LogP contribution < -0.4 is 10.5 Å². The molecule has 19 heavy (non-hydrogen) atoms. The maximum Gasteiger partial charge on any atom is 0.421 e. The lowest BCUT2D eigenvalue weighted by molar-refractivity contribution is -0.139. The fourth-order valence-corrected chi connectivity index (χ4v) is 1.20. The van der Waals surface area contributed by atoms with Gasteiger partial charge in [-0.1, -0.05) is 0 Å². The van der Waals surface area contributed by atoms with Gasteiger partial charge in [0.2, 0.25) is 0 Å². The number of hydrogen-bond acceptors (Lipinski definition) is 5. The molecule has 0 spiro atoms. The van der Waals surface area contributed by atoms with Crippen molar-refractivity contribution < 1.29 is 32.2 Å². The van der Waals surface area contributed by atoms with Gasteiger partial charge in [-0.2, -0.15) is 13.2 Å². The minimum absolute atomic E-state index is 0.475. The summed E-state index contributed by atoms with van der Waals surface area (Å²) < 4.78 is 47.1. The minimum Gasteiger partial charge on any atom is -0.482 e. The second kappa shape index (κ2) is 5.55. The second-order valence-corrected chi connectivity index (χ2v) is 3.31. The third-order valence-corrected chi connectivity index (χ3v) is 1.97. The number of esters is 1. The molecule has 0 saturated carbocycles. The largest absolute Gasteiger partial charge is 0.482 e. The van der Waals surface area contributed by atoms with Crippen LogP contribution in [0.15, 0.2) is 12.4 Å². The van der Waals surface area contributed by atoms with Crippen molar-refractivity contribution >= 4 is 11.9 Å². The summed E-state index contributed by atoms with van der Waals surface area (Å²) in [4.78, 5) is 25.2. The number of alkyl halides is 3. The Bertz CT molecular complexity index is 502. The lowest BCUT2D eigenvalue weighted by Crippen LogP contribution is -2.23. The molecular weight excluding hydrogens is 269 g/mol. The molecule has 1 heterocycles. The highest BCUT2D eigenvalue weighted by atomic mass is 19.4. The van der Waals surface area contributed by atoms with Crippen molar-refractivity contribution in [3.63, 3.8) is 0 Å². The molecule has 0 atom stereocenters. The van der Waals surface area contributed by atoms with E-state index in [1.165, 1.54) is 0 Å². The van der Waals surface area contributed by atoms with Crippen molar-refractivity contribution in [2.75, 3.05) is 13.7 Å². The Hall–Kier alpha value is -2.32. The Morgan fingerprint density at radius 2 is 2.00 bits per heavy atom. The molecule has 6 nitrogen and oxygen atoms in total. The Kier molecular flexibility index (Phi) is 4.30. The number of amides is 1. The van der Waals surface area contributed by atoms with Crippen LogP contribution in [0, 0.1) is 0 Å². The van der Waals surface area contributed by atoms with Crippen molar-refractivity contribution in [2.24, 2.45) is 5.73 Å². The van der Waals surface area contributed by atoms with Crippen LogP contribution in [-0.4, -0.2) is 30.6 Å². The second-order valence-electron chi connectivity index (χ2n) is 3.31. The number of carbonyl (C=O) groups is 2. The number of aromatic nitrogens is 1. The number of methoxy groups -OCH3 is 1. The summed E-state index contributed by atoms with van der Waals surface area (Å²) in [6, 6.07) is 0. The van der Waals surface area contributed by atoms with Gasteiger partial charge in [0.05, 0.1) is 7.11 Å². The van der Waals surface area contributed by atoms with Gasteiger partial charge < -0.3 is 15.2 Å². The molecule has 1 aromatic rings. The van der Waals surface area contributed by atoms with Crippen LogP contribution in [0.3, 0.4) is 0 Å². The molecule has 0 aliphatic heterocycles. The highest BCUT2D eigenvalue weighted by Gasteiger charge is 2.37. The van der Waals surface area contributed by atoms with Gasteiger partial charge in [-0.3, -0.25) is 9.78 Å². The highest BCUT2D eigenvalue weighted by molar-refractivity contribution is 5.92. The minimum atomic E-state index is -4.80. The van der Waals surface area contributed by atoms with Gasteiger partial charge in [0.25, 0.3) is 5.91 Å². The molecule has 0 aliphatic carbocycles. The van der Waals surface area contributed by atoms with E-state index < -0.39 is 41.5 Å². The molecular formula is C10H9F3N2O4. The Morgan fingerprint density at radius 1 is 1.37 bits per heavy atom. The SMILES string of the molecule is COC(=O)c1cncc(C(F)(F)F)c1OCC(N)=O. The van der Waals surface area contributed by atoms with Crippen LogP contribution in [0.4, 0.5) is 13.2 Å². The quantitative estimate of drug-likeness (QED) is 0.820. The number of pyridine rings is 1. The van der Waals surface area contributed by atoms with Gasteiger partial charge >= 0.3 is 12.1 Å². The lowest BCUT2D eigenvalue weighted by atomic mass is 10.1. The molecule has 0 fully saturated rings. The standard InChI is InChI=1S/C10H9F3N2O4/c1-18-9(17)5-2-15-3-6(10(11,12)13)8(5)19-4-7(14)16/h2-3H,4H2,1H3,(H2,14,16). The normalized spacial score (nSPS) is 10.9. The third-order valence-electron chi connectivity index (χ3n) is 1.97. The molecule has 1 rings (SSSR count). The summed E-state index contributed by atoms with van der Waals surface area (Å²) >= 11 is 0. The molecule has 0 unspecified atom stereocenters. The summed E-state index contributed by atoms with van der Waals surface area (Å²) in [5.74, 6) is -2.90. The van der Waals surface area contributed by atoms with Gasteiger partial charge in [0.15, 0.2) is 6.61 Å². The fraction of sp³-hybridized carbons (Fsp3) is 0.300. The van der Waals surface area contributed by atoms with E-state index in [2.05, 4.69) is 14.5 Å². The molecule has 2 N–H and O–H groups in total. The van der Waals surface area contributed by atoms with Crippen molar-refractivity contribution in [1.29, 1.82) is 0 Å². The van der Waals surface area contributed by atoms with E-state index in [1.54, 1.807) is 0 Å². The van der Waals surface area contributed by atoms with E-state index in [9.17, 15) is 22.8 Å². The average Bonchev–Trinajstić information content (AvgIpc) is 2.33. The van der Waals surface area contributed by atoms with Crippen molar-refractivity contribution in [2.45, 2.75) is 6.18 Å².